The van der Waals surface area contributed by atoms with Crippen molar-refractivity contribution >= 4 is 76.2 Å². The highest BCUT2D eigenvalue weighted by Gasteiger charge is 2.21. The zero-order chi connectivity index (χ0) is 36.7. The monoisotopic (exact) mass is 712 g/mol. The third kappa shape index (κ3) is 4.47. The first-order valence-corrected chi connectivity index (χ1v) is 19.1. The number of nitrogens with zero attached hydrogens (tertiary/aromatic N) is 4. The van der Waals surface area contributed by atoms with Gasteiger partial charge in [0.15, 0.2) is 0 Å². The van der Waals surface area contributed by atoms with E-state index in [0.29, 0.717) is 0 Å². The topological polar surface area (TPSA) is 35.6 Å². The quantitative estimate of drug-likeness (QED) is 0.170. The van der Waals surface area contributed by atoms with Gasteiger partial charge in [-0.05, 0) is 59.3 Å². The molecule has 0 radical (unpaired) electrons. The molecule has 4 nitrogen and oxygen atoms in total. The normalized spacial score (nSPS) is 11.9. The van der Waals surface area contributed by atoms with Crippen LogP contribution in [0.3, 0.4) is 0 Å². The van der Waals surface area contributed by atoms with Crippen LogP contribution in [0.15, 0.2) is 194 Å². The van der Waals surface area contributed by atoms with Gasteiger partial charge in [0.2, 0.25) is 0 Å². The van der Waals surface area contributed by atoms with Gasteiger partial charge >= 0.3 is 0 Å². The van der Waals surface area contributed by atoms with E-state index in [1.165, 1.54) is 43.4 Å². The number of hydrogen-bond acceptors (Lipinski definition) is 2. The highest BCUT2D eigenvalue weighted by atomic mass is 15.0. The van der Waals surface area contributed by atoms with Crippen LogP contribution in [0.5, 0.6) is 0 Å². The van der Waals surface area contributed by atoms with Crippen molar-refractivity contribution in [3.8, 4) is 33.9 Å². The maximum atomic E-state index is 5.58. The summed E-state index contributed by atoms with van der Waals surface area (Å²) in [5.74, 6) is 0. The van der Waals surface area contributed by atoms with E-state index in [1.54, 1.807) is 0 Å². The van der Waals surface area contributed by atoms with Crippen LogP contribution in [-0.4, -0.2) is 19.1 Å². The lowest BCUT2D eigenvalue weighted by atomic mass is 9.97. The molecule has 260 valence electrons. The summed E-state index contributed by atoms with van der Waals surface area (Å²) in [7, 11) is 0. The molecular formula is C52H32N4. The van der Waals surface area contributed by atoms with Gasteiger partial charge in [-0.3, -0.25) is 0 Å². The average Bonchev–Trinajstić information content (AvgIpc) is 3.78. The Labute approximate surface area is 322 Å². The van der Waals surface area contributed by atoms with Crippen molar-refractivity contribution in [3.05, 3.63) is 194 Å². The Bertz CT molecular complexity index is 3520. The molecule has 0 bridgehead atoms. The van der Waals surface area contributed by atoms with Crippen LogP contribution in [0.1, 0.15) is 0 Å². The van der Waals surface area contributed by atoms with E-state index in [0.717, 1.165) is 66.7 Å². The minimum Gasteiger partial charge on any atom is -0.309 e. The van der Waals surface area contributed by atoms with Crippen LogP contribution >= 0.6 is 0 Å². The molecule has 9 aromatic carbocycles. The summed E-state index contributed by atoms with van der Waals surface area (Å²) in [6, 6.07) is 69.4. The molecule has 12 rings (SSSR count). The van der Waals surface area contributed by atoms with Gasteiger partial charge in [0, 0.05) is 54.8 Å². The number of aromatic nitrogens is 4. The van der Waals surface area contributed by atoms with Crippen LogP contribution in [0, 0.1) is 0 Å². The fourth-order valence-electron chi connectivity index (χ4n) is 9.01. The second-order valence-electron chi connectivity index (χ2n) is 14.6. The van der Waals surface area contributed by atoms with Crippen molar-refractivity contribution in [2.45, 2.75) is 0 Å². The van der Waals surface area contributed by atoms with Gasteiger partial charge in [-0.25, -0.2) is 9.97 Å². The number of hydrogen-bond donors (Lipinski definition) is 0. The Kier molecular flexibility index (Phi) is 6.60. The molecule has 0 amide bonds. The Balaban J connectivity index is 1.14. The average molecular weight is 713 g/mol. The van der Waals surface area contributed by atoms with Crippen molar-refractivity contribution in [1.29, 1.82) is 0 Å². The molecule has 0 aliphatic heterocycles. The molecular weight excluding hydrogens is 681 g/mol. The Morgan fingerprint density at radius 3 is 1.25 bits per heavy atom. The first-order chi connectivity index (χ1) is 27.8. The van der Waals surface area contributed by atoms with E-state index in [9.17, 15) is 0 Å². The van der Waals surface area contributed by atoms with Crippen molar-refractivity contribution in [3.63, 3.8) is 0 Å². The Hall–Kier alpha value is -7.56. The minimum absolute atomic E-state index is 0.861. The lowest BCUT2D eigenvalue weighted by molar-refractivity contribution is 1.17. The highest BCUT2D eigenvalue weighted by molar-refractivity contribution is 6.24. The molecule has 0 aliphatic rings. The fourth-order valence-corrected chi connectivity index (χ4v) is 9.01. The molecule has 3 aromatic heterocycles. The second kappa shape index (κ2) is 12.0. The largest absolute Gasteiger partial charge is 0.309 e. The summed E-state index contributed by atoms with van der Waals surface area (Å²) < 4.78 is 4.81. The number of fused-ring (bicyclic) bond motifs is 12. The summed E-state index contributed by atoms with van der Waals surface area (Å²) in [5, 5.41) is 9.47. The first-order valence-electron chi connectivity index (χ1n) is 19.1. The van der Waals surface area contributed by atoms with Gasteiger partial charge in [0.05, 0.1) is 44.5 Å². The van der Waals surface area contributed by atoms with Crippen LogP contribution in [0.4, 0.5) is 0 Å². The van der Waals surface area contributed by atoms with Crippen molar-refractivity contribution < 1.29 is 0 Å². The predicted molar refractivity (Wildman–Crippen MR) is 234 cm³/mol. The van der Waals surface area contributed by atoms with Crippen LogP contribution < -0.4 is 0 Å². The minimum atomic E-state index is 0.861. The molecule has 3 heterocycles. The molecule has 0 saturated heterocycles. The van der Waals surface area contributed by atoms with E-state index in [2.05, 4.69) is 203 Å². The van der Waals surface area contributed by atoms with E-state index >= 15 is 0 Å². The van der Waals surface area contributed by atoms with Crippen molar-refractivity contribution in [2.24, 2.45) is 0 Å². The SMILES string of the molecule is c1ccc(-c2nc3c4ccccc4c4ccccc4c3nc2-c2cccc(-n3c4ccccc4c4cc5c(cc43)c3ccccc3n5-c3ccccc3)c2)cc1. The smallest absolute Gasteiger partial charge is 0.0979 e. The van der Waals surface area contributed by atoms with Gasteiger partial charge in [0.25, 0.3) is 0 Å². The molecule has 0 aliphatic carbocycles. The standard InChI is InChI=1S/C52H32N4/c1-3-16-33(17-4-1)49-50(54-52-42-27-10-8-23-38(42)37-22-7-9-26-41(37)51(52)53-49)34-18-15-21-36(30-34)56-46-29-14-12-25-40(46)44-31-47-43(32-48(44)56)39-24-11-13-28-45(39)55(47)35-19-5-2-6-20-35/h1-32H. The van der Waals surface area contributed by atoms with Gasteiger partial charge in [-0.1, -0.05) is 146 Å². The maximum Gasteiger partial charge on any atom is 0.0979 e. The van der Waals surface area contributed by atoms with Gasteiger partial charge in [-0.2, -0.15) is 0 Å². The molecule has 0 saturated carbocycles. The summed E-state index contributed by atoms with van der Waals surface area (Å²) in [5.41, 5.74) is 12.5. The molecule has 0 fully saturated rings. The zero-order valence-electron chi connectivity index (χ0n) is 30.3. The molecule has 0 spiro atoms. The van der Waals surface area contributed by atoms with Gasteiger partial charge < -0.3 is 9.13 Å². The summed E-state index contributed by atoms with van der Waals surface area (Å²) in [6.45, 7) is 0. The van der Waals surface area contributed by atoms with Gasteiger partial charge in [0.1, 0.15) is 0 Å². The highest BCUT2D eigenvalue weighted by Crippen LogP contribution is 2.42. The Morgan fingerprint density at radius 1 is 0.268 bits per heavy atom. The number of para-hydroxylation sites is 3. The van der Waals surface area contributed by atoms with Crippen molar-refractivity contribution in [1.82, 2.24) is 19.1 Å². The predicted octanol–water partition coefficient (Wildman–Crippen LogP) is 13.5. The summed E-state index contributed by atoms with van der Waals surface area (Å²) >= 11 is 0. The zero-order valence-corrected chi connectivity index (χ0v) is 30.3. The Morgan fingerprint density at radius 2 is 0.679 bits per heavy atom. The first kappa shape index (κ1) is 30.9. The number of rotatable bonds is 4. The summed E-state index contributed by atoms with van der Waals surface area (Å²) in [4.78, 5) is 11.1. The molecule has 0 N–H and O–H groups in total. The molecule has 0 unspecified atom stereocenters. The fraction of sp³-hybridized carbons (Fsp3) is 0. The lowest BCUT2D eigenvalue weighted by Gasteiger charge is -2.15. The molecule has 56 heavy (non-hydrogen) atoms. The van der Waals surface area contributed by atoms with Gasteiger partial charge in [-0.15, -0.1) is 0 Å². The molecule has 12 aromatic rings. The molecule has 4 heteroatoms. The third-order valence-corrected chi connectivity index (χ3v) is 11.5. The third-order valence-electron chi connectivity index (χ3n) is 11.5. The van der Waals surface area contributed by atoms with E-state index in [4.69, 9.17) is 9.97 Å². The van der Waals surface area contributed by atoms with Crippen LogP contribution in [-0.2, 0) is 0 Å². The van der Waals surface area contributed by atoms with E-state index in [-0.39, 0.29) is 0 Å². The van der Waals surface area contributed by atoms with Crippen LogP contribution in [0.2, 0.25) is 0 Å². The van der Waals surface area contributed by atoms with E-state index in [1.807, 2.05) is 0 Å². The second-order valence-corrected chi connectivity index (χ2v) is 14.6. The molecule has 0 atom stereocenters. The van der Waals surface area contributed by atoms with E-state index < -0.39 is 0 Å². The summed E-state index contributed by atoms with van der Waals surface area (Å²) in [6.07, 6.45) is 0. The maximum absolute atomic E-state index is 5.58. The lowest BCUT2D eigenvalue weighted by Crippen LogP contribution is -1.99. The van der Waals surface area contributed by atoms with Crippen LogP contribution in [0.25, 0.3) is 110 Å². The number of benzene rings is 9. The van der Waals surface area contributed by atoms with Crippen molar-refractivity contribution in [2.75, 3.05) is 0 Å².